The summed E-state index contributed by atoms with van der Waals surface area (Å²) in [6.45, 7) is 1.17. The summed E-state index contributed by atoms with van der Waals surface area (Å²) in [5, 5.41) is 3.54. The van der Waals surface area contributed by atoms with Crippen molar-refractivity contribution in [2.45, 2.75) is 36.6 Å². The second-order valence-electron chi connectivity index (χ2n) is 4.24. The molecule has 1 aromatic rings. The Kier molecular flexibility index (Phi) is 4.67. The van der Waals surface area contributed by atoms with Gasteiger partial charge in [0.05, 0.1) is 0 Å². The van der Waals surface area contributed by atoms with Gasteiger partial charge >= 0.3 is 0 Å². The first kappa shape index (κ1) is 11.9. The fourth-order valence-electron chi connectivity index (χ4n) is 2.02. The van der Waals surface area contributed by atoms with Crippen molar-refractivity contribution < 1.29 is 4.39 Å². The molecule has 2 rings (SSSR count). The van der Waals surface area contributed by atoms with Crippen molar-refractivity contribution in [3.05, 3.63) is 30.1 Å². The van der Waals surface area contributed by atoms with Crippen LogP contribution in [0.15, 0.2) is 29.2 Å². The topological polar surface area (TPSA) is 12.0 Å². The predicted molar refractivity (Wildman–Crippen MR) is 67.4 cm³/mol. The van der Waals surface area contributed by atoms with Gasteiger partial charge in [-0.25, -0.2) is 4.39 Å². The number of halogens is 1. The minimum Gasteiger partial charge on any atom is -0.314 e. The summed E-state index contributed by atoms with van der Waals surface area (Å²) in [6.07, 6.45) is 5.20. The van der Waals surface area contributed by atoms with Gasteiger partial charge in [0.2, 0.25) is 0 Å². The molecule has 0 radical (unpaired) electrons. The van der Waals surface area contributed by atoms with E-state index >= 15 is 0 Å². The number of piperidine rings is 1. The first-order chi connectivity index (χ1) is 7.84. The van der Waals surface area contributed by atoms with Crippen molar-refractivity contribution in [2.75, 3.05) is 12.3 Å². The zero-order valence-corrected chi connectivity index (χ0v) is 10.2. The van der Waals surface area contributed by atoms with Crippen molar-refractivity contribution in [2.24, 2.45) is 0 Å². The smallest absolute Gasteiger partial charge is 0.123 e. The zero-order valence-electron chi connectivity index (χ0n) is 9.42. The molecule has 0 amide bonds. The Labute approximate surface area is 101 Å². The fraction of sp³-hybridized carbons (Fsp3) is 0.538. The molecule has 1 atom stereocenters. The molecule has 16 heavy (non-hydrogen) atoms. The minimum absolute atomic E-state index is 0.154. The van der Waals surface area contributed by atoms with Gasteiger partial charge in [0.25, 0.3) is 0 Å². The number of rotatable bonds is 4. The van der Waals surface area contributed by atoms with Crippen molar-refractivity contribution >= 4 is 11.8 Å². The predicted octanol–water partition coefficient (Wildman–Crippen LogP) is 3.45. The van der Waals surface area contributed by atoms with Crippen LogP contribution in [-0.4, -0.2) is 18.3 Å². The third-order valence-electron chi connectivity index (χ3n) is 2.96. The molecule has 0 aromatic heterocycles. The van der Waals surface area contributed by atoms with Crippen LogP contribution in [-0.2, 0) is 0 Å². The van der Waals surface area contributed by atoms with E-state index in [9.17, 15) is 4.39 Å². The fourth-order valence-corrected chi connectivity index (χ4v) is 2.99. The first-order valence-electron chi connectivity index (χ1n) is 5.96. The average molecular weight is 239 g/mol. The Morgan fingerprint density at radius 3 is 2.75 bits per heavy atom. The van der Waals surface area contributed by atoms with E-state index in [-0.39, 0.29) is 5.82 Å². The molecule has 1 saturated heterocycles. The maximum atomic E-state index is 12.7. The van der Waals surface area contributed by atoms with E-state index in [2.05, 4.69) is 5.32 Å². The Hall–Kier alpha value is -0.540. The number of benzene rings is 1. The minimum atomic E-state index is -0.154. The van der Waals surface area contributed by atoms with E-state index in [0.29, 0.717) is 6.04 Å². The van der Waals surface area contributed by atoms with Crippen LogP contribution in [0.5, 0.6) is 0 Å². The van der Waals surface area contributed by atoms with Crippen molar-refractivity contribution in [1.29, 1.82) is 0 Å². The molecular formula is C13H18FNS. The molecular weight excluding hydrogens is 221 g/mol. The summed E-state index contributed by atoms with van der Waals surface area (Å²) in [5.41, 5.74) is 0. The summed E-state index contributed by atoms with van der Waals surface area (Å²) >= 11 is 1.82. The number of hydrogen-bond donors (Lipinski definition) is 1. The summed E-state index contributed by atoms with van der Waals surface area (Å²) in [6, 6.07) is 7.46. The van der Waals surface area contributed by atoms with Crippen molar-refractivity contribution in [3.8, 4) is 0 Å². The molecule has 1 aliphatic rings. The van der Waals surface area contributed by atoms with Gasteiger partial charge < -0.3 is 5.32 Å². The Morgan fingerprint density at radius 1 is 1.25 bits per heavy atom. The maximum absolute atomic E-state index is 12.7. The molecule has 88 valence electrons. The molecule has 3 heteroatoms. The van der Waals surface area contributed by atoms with Crippen molar-refractivity contribution in [3.63, 3.8) is 0 Å². The van der Waals surface area contributed by atoms with Gasteiger partial charge in [-0.15, -0.1) is 11.8 Å². The normalized spacial score (nSPS) is 20.9. The largest absolute Gasteiger partial charge is 0.314 e. The van der Waals surface area contributed by atoms with Crippen LogP contribution in [0.25, 0.3) is 0 Å². The van der Waals surface area contributed by atoms with Crippen molar-refractivity contribution in [1.82, 2.24) is 5.32 Å². The van der Waals surface area contributed by atoms with E-state index < -0.39 is 0 Å². The third-order valence-corrected chi connectivity index (χ3v) is 4.01. The molecule has 0 spiro atoms. The van der Waals surface area contributed by atoms with E-state index in [1.54, 1.807) is 0 Å². The third kappa shape index (κ3) is 3.80. The molecule has 0 bridgehead atoms. The first-order valence-corrected chi connectivity index (χ1v) is 6.95. The van der Waals surface area contributed by atoms with E-state index in [1.165, 1.54) is 44.4 Å². The van der Waals surface area contributed by atoms with E-state index in [4.69, 9.17) is 0 Å². The molecule has 1 nitrogen and oxygen atoms in total. The summed E-state index contributed by atoms with van der Waals surface area (Å²) in [7, 11) is 0. The molecule has 0 aliphatic carbocycles. The lowest BCUT2D eigenvalue weighted by Crippen LogP contribution is -2.34. The van der Waals surface area contributed by atoms with Gasteiger partial charge in [-0.3, -0.25) is 0 Å². The Balaban J connectivity index is 1.69. The SMILES string of the molecule is Fc1ccc(SCC[C@@H]2CCCCN2)cc1. The molecule has 1 N–H and O–H groups in total. The van der Waals surface area contributed by atoms with E-state index in [1.807, 2.05) is 23.9 Å². The number of thioether (sulfide) groups is 1. The maximum Gasteiger partial charge on any atom is 0.123 e. The highest BCUT2D eigenvalue weighted by atomic mass is 32.2. The highest BCUT2D eigenvalue weighted by Gasteiger charge is 2.11. The number of hydrogen-bond acceptors (Lipinski definition) is 2. The molecule has 1 fully saturated rings. The zero-order chi connectivity index (χ0) is 11.2. The highest BCUT2D eigenvalue weighted by Crippen LogP contribution is 2.21. The molecule has 1 heterocycles. The van der Waals surface area contributed by atoms with Crippen LogP contribution >= 0.6 is 11.8 Å². The van der Waals surface area contributed by atoms with Gasteiger partial charge in [-0.1, -0.05) is 6.42 Å². The van der Waals surface area contributed by atoms with Crippen LogP contribution in [0.1, 0.15) is 25.7 Å². The summed E-state index contributed by atoms with van der Waals surface area (Å²) in [4.78, 5) is 1.16. The summed E-state index contributed by atoms with van der Waals surface area (Å²) in [5.74, 6) is 0.960. The van der Waals surface area contributed by atoms with Crippen LogP contribution in [0.4, 0.5) is 4.39 Å². The quantitative estimate of drug-likeness (QED) is 0.808. The van der Waals surface area contributed by atoms with Crippen LogP contribution in [0.2, 0.25) is 0 Å². The van der Waals surface area contributed by atoms with Gasteiger partial charge in [0, 0.05) is 10.9 Å². The molecule has 1 aromatic carbocycles. The van der Waals surface area contributed by atoms with E-state index in [0.717, 1.165) is 10.6 Å². The van der Waals surface area contributed by atoms with Gasteiger partial charge in [0.1, 0.15) is 5.82 Å². The summed E-state index contributed by atoms with van der Waals surface area (Å²) < 4.78 is 12.7. The Morgan fingerprint density at radius 2 is 2.06 bits per heavy atom. The lowest BCUT2D eigenvalue weighted by atomic mass is 10.0. The lowest BCUT2D eigenvalue weighted by Gasteiger charge is -2.23. The average Bonchev–Trinajstić information content (AvgIpc) is 2.33. The second kappa shape index (κ2) is 6.26. The Bertz CT molecular complexity index is 306. The highest BCUT2D eigenvalue weighted by molar-refractivity contribution is 7.99. The van der Waals surface area contributed by atoms with Gasteiger partial charge in [-0.05, 0) is 55.8 Å². The van der Waals surface area contributed by atoms with Gasteiger partial charge in [0.15, 0.2) is 0 Å². The monoisotopic (exact) mass is 239 g/mol. The van der Waals surface area contributed by atoms with Crippen LogP contribution < -0.4 is 5.32 Å². The molecule has 0 saturated carbocycles. The van der Waals surface area contributed by atoms with Gasteiger partial charge in [-0.2, -0.15) is 0 Å². The van der Waals surface area contributed by atoms with Crippen LogP contribution in [0.3, 0.4) is 0 Å². The second-order valence-corrected chi connectivity index (χ2v) is 5.41. The number of nitrogens with one attached hydrogen (secondary N) is 1. The standard InChI is InChI=1S/C13H18FNS/c14-11-4-6-13(7-5-11)16-10-8-12-3-1-2-9-15-12/h4-7,12,15H,1-3,8-10H2/t12-/m0/s1. The lowest BCUT2D eigenvalue weighted by molar-refractivity contribution is 0.395. The van der Waals surface area contributed by atoms with Crippen LogP contribution in [0, 0.1) is 5.82 Å². The molecule has 0 unspecified atom stereocenters. The molecule has 1 aliphatic heterocycles.